The largest absolute Gasteiger partial charge is 0.305 e. The Kier molecular flexibility index (Phi) is 3.98. The lowest BCUT2D eigenvalue weighted by Gasteiger charge is -2.30. The first kappa shape index (κ1) is 14.2. The number of nitrogens with zero attached hydrogens (tertiary/aromatic N) is 1. The molecule has 21 heavy (non-hydrogen) atoms. The monoisotopic (exact) mass is 299 g/mol. The molecule has 1 aliphatic rings. The number of carbonyl (C=O) groups excluding carboxylic acids is 1. The zero-order valence-corrected chi connectivity index (χ0v) is 12.8. The molecule has 0 saturated heterocycles. The maximum Gasteiger partial charge on any atom is 0.260 e. The first-order valence-corrected chi connectivity index (χ1v) is 7.69. The number of para-hydroxylation sites is 1. The molecule has 1 fully saturated rings. The fourth-order valence-corrected chi connectivity index (χ4v) is 2.90. The summed E-state index contributed by atoms with van der Waals surface area (Å²) in [7, 11) is 0. The molecule has 2 nitrogen and oxygen atoms in total. The standard InChI is InChI=1S/C18H18ClNO/c1-13(14-11-12-14)20(15-7-3-2-4-8-15)18(21)16-9-5-6-10-17(16)19/h2-10,13-14H,11-12H2,1H3. The molecule has 1 aliphatic carbocycles. The van der Waals surface area contributed by atoms with Gasteiger partial charge < -0.3 is 4.90 Å². The van der Waals surface area contributed by atoms with Crippen LogP contribution in [-0.2, 0) is 0 Å². The van der Waals surface area contributed by atoms with Crippen LogP contribution in [0.1, 0.15) is 30.1 Å². The molecule has 1 atom stereocenters. The van der Waals surface area contributed by atoms with E-state index in [1.165, 1.54) is 12.8 Å². The fraction of sp³-hybridized carbons (Fsp3) is 0.278. The molecule has 0 bridgehead atoms. The highest BCUT2D eigenvalue weighted by Gasteiger charge is 2.35. The molecule has 3 heteroatoms. The lowest BCUT2D eigenvalue weighted by molar-refractivity contribution is 0.0976. The van der Waals surface area contributed by atoms with Gasteiger partial charge in [-0.1, -0.05) is 41.9 Å². The third-order valence-electron chi connectivity index (χ3n) is 4.07. The zero-order chi connectivity index (χ0) is 14.8. The summed E-state index contributed by atoms with van der Waals surface area (Å²) in [5.41, 5.74) is 1.50. The predicted molar refractivity (Wildman–Crippen MR) is 86.9 cm³/mol. The van der Waals surface area contributed by atoms with Gasteiger partial charge in [0.1, 0.15) is 0 Å². The second-order valence-electron chi connectivity index (χ2n) is 5.57. The molecular formula is C18H18ClNO. The highest BCUT2D eigenvalue weighted by atomic mass is 35.5. The minimum atomic E-state index is -0.0220. The Morgan fingerprint density at radius 1 is 1.10 bits per heavy atom. The van der Waals surface area contributed by atoms with Crippen LogP contribution in [0.4, 0.5) is 5.69 Å². The third kappa shape index (κ3) is 2.96. The Hall–Kier alpha value is -1.80. The minimum absolute atomic E-state index is 0.0220. The molecule has 1 unspecified atom stereocenters. The van der Waals surface area contributed by atoms with Gasteiger partial charge in [0.05, 0.1) is 10.6 Å². The highest BCUT2D eigenvalue weighted by Crippen LogP contribution is 2.37. The second-order valence-corrected chi connectivity index (χ2v) is 5.98. The Labute approximate surface area is 130 Å². The van der Waals surface area contributed by atoms with Crippen LogP contribution in [-0.4, -0.2) is 11.9 Å². The number of amides is 1. The zero-order valence-electron chi connectivity index (χ0n) is 12.0. The van der Waals surface area contributed by atoms with Crippen molar-refractivity contribution in [1.29, 1.82) is 0 Å². The van der Waals surface area contributed by atoms with Crippen LogP contribution in [0.5, 0.6) is 0 Å². The number of rotatable bonds is 4. The minimum Gasteiger partial charge on any atom is -0.305 e. The first-order chi connectivity index (χ1) is 10.2. The van der Waals surface area contributed by atoms with Gasteiger partial charge in [-0.3, -0.25) is 4.79 Å². The topological polar surface area (TPSA) is 20.3 Å². The molecule has 1 amide bonds. The third-order valence-corrected chi connectivity index (χ3v) is 4.40. The lowest BCUT2D eigenvalue weighted by atomic mass is 10.1. The van der Waals surface area contributed by atoms with Crippen molar-refractivity contribution < 1.29 is 4.79 Å². The van der Waals surface area contributed by atoms with Crippen molar-refractivity contribution in [1.82, 2.24) is 0 Å². The smallest absolute Gasteiger partial charge is 0.260 e. The van der Waals surface area contributed by atoms with Gasteiger partial charge in [-0.2, -0.15) is 0 Å². The number of hydrogen-bond acceptors (Lipinski definition) is 1. The molecule has 1 saturated carbocycles. The van der Waals surface area contributed by atoms with Crippen molar-refractivity contribution in [2.45, 2.75) is 25.8 Å². The summed E-state index contributed by atoms with van der Waals surface area (Å²) in [4.78, 5) is 14.9. The highest BCUT2D eigenvalue weighted by molar-refractivity contribution is 6.34. The summed E-state index contributed by atoms with van der Waals surface area (Å²) < 4.78 is 0. The SMILES string of the molecule is CC(C1CC1)N(C(=O)c1ccccc1Cl)c1ccccc1. The summed E-state index contributed by atoms with van der Waals surface area (Å²) >= 11 is 6.20. The second kappa shape index (κ2) is 5.90. The normalized spacial score (nSPS) is 15.5. The van der Waals surface area contributed by atoms with Gasteiger partial charge in [-0.05, 0) is 49.9 Å². The van der Waals surface area contributed by atoms with E-state index < -0.39 is 0 Å². The number of halogens is 1. The Bertz CT molecular complexity index is 637. The molecule has 2 aromatic rings. The summed E-state index contributed by atoms with van der Waals surface area (Å²) in [6.45, 7) is 2.12. The Balaban J connectivity index is 1.99. The van der Waals surface area contributed by atoms with Crippen molar-refractivity contribution in [3.05, 3.63) is 65.2 Å². The molecular weight excluding hydrogens is 282 g/mol. The van der Waals surface area contributed by atoms with E-state index >= 15 is 0 Å². The van der Waals surface area contributed by atoms with Crippen LogP contribution in [0.15, 0.2) is 54.6 Å². The van der Waals surface area contributed by atoms with Crippen LogP contribution >= 0.6 is 11.6 Å². The number of hydrogen-bond donors (Lipinski definition) is 0. The van der Waals surface area contributed by atoms with E-state index in [0.29, 0.717) is 16.5 Å². The van der Waals surface area contributed by atoms with Crippen molar-refractivity contribution in [3.63, 3.8) is 0 Å². The van der Waals surface area contributed by atoms with E-state index in [0.717, 1.165) is 5.69 Å². The van der Waals surface area contributed by atoms with Crippen LogP contribution < -0.4 is 4.90 Å². The van der Waals surface area contributed by atoms with Crippen LogP contribution in [0.25, 0.3) is 0 Å². The number of carbonyl (C=O) groups is 1. The number of anilines is 1. The van der Waals surface area contributed by atoms with Crippen molar-refractivity contribution >= 4 is 23.2 Å². The van der Waals surface area contributed by atoms with E-state index in [2.05, 4.69) is 6.92 Å². The van der Waals surface area contributed by atoms with Crippen LogP contribution in [0.3, 0.4) is 0 Å². The average Bonchev–Trinajstić information content (AvgIpc) is 3.33. The molecule has 0 heterocycles. The van der Waals surface area contributed by atoms with E-state index in [9.17, 15) is 4.79 Å². The van der Waals surface area contributed by atoms with Gasteiger partial charge in [0.15, 0.2) is 0 Å². The van der Waals surface area contributed by atoms with Crippen LogP contribution in [0.2, 0.25) is 5.02 Å². The van der Waals surface area contributed by atoms with Gasteiger partial charge >= 0.3 is 0 Å². The molecule has 0 radical (unpaired) electrons. The predicted octanol–water partition coefficient (Wildman–Crippen LogP) is 4.79. The summed E-state index contributed by atoms with van der Waals surface area (Å²) in [5.74, 6) is 0.572. The molecule has 0 aromatic heterocycles. The molecule has 3 rings (SSSR count). The lowest BCUT2D eigenvalue weighted by Crippen LogP contribution is -2.40. The van der Waals surface area contributed by atoms with Gasteiger partial charge in [-0.25, -0.2) is 0 Å². The molecule has 0 spiro atoms. The Morgan fingerprint density at radius 3 is 2.33 bits per heavy atom. The Morgan fingerprint density at radius 2 is 1.71 bits per heavy atom. The fourth-order valence-electron chi connectivity index (χ4n) is 2.68. The molecule has 2 aromatic carbocycles. The maximum atomic E-state index is 13.0. The maximum absolute atomic E-state index is 13.0. The van der Waals surface area contributed by atoms with Crippen molar-refractivity contribution in [3.8, 4) is 0 Å². The van der Waals surface area contributed by atoms with Gasteiger partial charge in [0, 0.05) is 11.7 Å². The average molecular weight is 300 g/mol. The van der Waals surface area contributed by atoms with Gasteiger partial charge in [0.25, 0.3) is 5.91 Å². The van der Waals surface area contributed by atoms with Gasteiger partial charge in [0.2, 0.25) is 0 Å². The van der Waals surface area contributed by atoms with Crippen molar-refractivity contribution in [2.24, 2.45) is 5.92 Å². The quantitative estimate of drug-likeness (QED) is 0.795. The summed E-state index contributed by atoms with van der Waals surface area (Å²) in [5, 5.41) is 0.506. The van der Waals surface area contributed by atoms with E-state index in [-0.39, 0.29) is 11.9 Å². The van der Waals surface area contributed by atoms with Crippen LogP contribution in [0, 0.1) is 5.92 Å². The summed E-state index contributed by atoms with van der Waals surface area (Å²) in [6, 6.07) is 17.3. The first-order valence-electron chi connectivity index (χ1n) is 7.31. The van der Waals surface area contributed by atoms with E-state index in [4.69, 9.17) is 11.6 Å². The van der Waals surface area contributed by atoms with Crippen molar-refractivity contribution in [2.75, 3.05) is 4.90 Å². The molecule has 108 valence electrons. The molecule has 0 N–H and O–H groups in total. The molecule has 0 aliphatic heterocycles. The van der Waals surface area contributed by atoms with E-state index in [1.807, 2.05) is 47.4 Å². The van der Waals surface area contributed by atoms with Gasteiger partial charge in [-0.15, -0.1) is 0 Å². The number of benzene rings is 2. The summed E-state index contributed by atoms with van der Waals surface area (Å²) in [6.07, 6.45) is 2.39. The van der Waals surface area contributed by atoms with E-state index in [1.54, 1.807) is 12.1 Å².